The van der Waals surface area contributed by atoms with Gasteiger partial charge in [0.1, 0.15) is 10.6 Å². The Kier molecular flexibility index (Phi) is 3.90. The number of carbonyl (C=O) groups excluding carboxylic acids is 1. The Hall–Kier alpha value is -1.38. The second-order valence-corrected chi connectivity index (χ2v) is 7.00. The van der Waals surface area contributed by atoms with Crippen LogP contribution in [0.25, 0.3) is 0 Å². The molecular formula is C12H19N3O4S. The van der Waals surface area contributed by atoms with E-state index in [0.717, 1.165) is 12.8 Å². The van der Waals surface area contributed by atoms with Gasteiger partial charge in [-0.25, -0.2) is 13.1 Å². The third kappa shape index (κ3) is 2.87. The summed E-state index contributed by atoms with van der Waals surface area (Å²) in [7, 11) is -0.572. The number of aliphatic hydroxyl groups excluding tert-OH is 1. The SMILES string of the molecule is CNC(=O)c1cc(S(=O)(=O)NCC2(CO)CC2)cn1C. The van der Waals surface area contributed by atoms with E-state index in [0.29, 0.717) is 0 Å². The van der Waals surface area contributed by atoms with Crippen LogP contribution in [0.3, 0.4) is 0 Å². The van der Waals surface area contributed by atoms with Crippen LogP contribution in [0.15, 0.2) is 17.2 Å². The van der Waals surface area contributed by atoms with Gasteiger partial charge in [0, 0.05) is 38.9 Å². The molecule has 7 nitrogen and oxygen atoms in total. The Bertz CT molecular complexity index is 617. The van der Waals surface area contributed by atoms with Gasteiger partial charge in [-0.3, -0.25) is 4.79 Å². The molecular weight excluding hydrogens is 282 g/mol. The summed E-state index contributed by atoms with van der Waals surface area (Å²) < 4.78 is 28.3. The number of sulfonamides is 1. The monoisotopic (exact) mass is 301 g/mol. The fourth-order valence-corrected chi connectivity index (χ4v) is 3.16. The van der Waals surface area contributed by atoms with Gasteiger partial charge in [0.15, 0.2) is 0 Å². The van der Waals surface area contributed by atoms with Crippen LogP contribution in [0, 0.1) is 5.41 Å². The van der Waals surface area contributed by atoms with Gasteiger partial charge in [0.25, 0.3) is 5.91 Å². The lowest BCUT2D eigenvalue weighted by Gasteiger charge is -2.12. The summed E-state index contributed by atoms with van der Waals surface area (Å²) in [6, 6.07) is 1.33. The van der Waals surface area contributed by atoms with Gasteiger partial charge >= 0.3 is 0 Å². The maximum atomic E-state index is 12.2. The highest BCUT2D eigenvalue weighted by Crippen LogP contribution is 2.44. The van der Waals surface area contributed by atoms with Crippen LogP contribution in [0.2, 0.25) is 0 Å². The summed E-state index contributed by atoms with van der Waals surface area (Å²) in [6.45, 7) is 0.198. The predicted molar refractivity (Wildman–Crippen MR) is 72.7 cm³/mol. The molecule has 1 aromatic heterocycles. The number of nitrogens with zero attached hydrogens (tertiary/aromatic N) is 1. The first-order valence-electron chi connectivity index (χ1n) is 6.32. The van der Waals surface area contributed by atoms with Gasteiger partial charge in [-0.05, 0) is 18.9 Å². The first-order chi connectivity index (χ1) is 9.33. The number of aliphatic hydroxyl groups is 1. The van der Waals surface area contributed by atoms with E-state index in [9.17, 15) is 18.3 Å². The van der Waals surface area contributed by atoms with E-state index in [1.54, 1.807) is 7.05 Å². The molecule has 0 bridgehead atoms. The van der Waals surface area contributed by atoms with Crippen molar-refractivity contribution in [3.05, 3.63) is 18.0 Å². The normalized spacial score (nSPS) is 16.9. The lowest BCUT2D eigenvalue weighted by molar-refractivity contribution is 0.0955. The lowest BCUT2D eigenvalue weighted by atomic mass is 10.1. The molecule has 0 radical (unpaired) electrons. The molecule has 0 aromatic carbocycles. The number of rotatable bonds is 6. The second kappa shape index (κ2) is 5.19. The van der Waals surface area contributed by atoms with Crippen molar-refractivity contribution in [3.8, 4) is 0 Å². The van der Waals surface area contributed by atoms with Gasteiger partial charge in [-0.2, -0.15) is 0 Å². The minimum atomic E-state index is -3.67. The Morgan fingerprint density at radius 2 is 2.15 bits per heavy atom. The first-order valence-corrected chi connectivity index (χ1v) is 7.81. The topological polar surface area (TPSA) is 100 Å². The number of nitrogens with one attached hydrogen (secondary N) is 2. The highest BCUT2D eigenvalue weighted by atomic mass is 32.2. The molecule has 2 rings (SSSR count). The van der Waals surface area contributed by atoms with Crippen molar-refractivity contribution in [2.24, 2.45) is 12.5 Å². The lowest BCUT2D eigenvalue weighted by Crippen LogP contribution is -2.31. The summed E-state index contributed by atoms with van der Waals surface area (Å²) in [5.41, 5.74) is -0.0259. The smallest absolute Gasteiger partial charge is 0.267 e. The van der Waals surface area contributed by atoms with Gasteiger partial charge in [-0.1, -0.05) is 0 Å². The number of carbonyl (C=O) groups is 1. The standard InChI is InChI=1S/C12H19N3O4S/c1-13-11(17)10-5-9(6-15(10)2)20(18,19)14-7-12(8-16)3-4-12/h5-6,14,16H,3-4,7-8H2,1-2H3,(H,13,17). The van der Waals surface area contributed by atoms with E-state index in [1.807, 2.05) is 0 Å². The molecule has 1 aliphatic rings. The van der Waals surface area contributed by atoms with Crippen LogP contribution >= 0.6 is 0 Å². The molecule has 1 aromatic rings. The third-order valence-electron chi connectivity index (χ3n) is 3.68. The molecule has 3 N–H and O–H groups in total. The van der Waals surface area contributed by atoms with Gasteiger partial charge in [0.2, 0.25) is 10.0 Å². The Balaban J connectivity index is 2.15. The minimum absolute atomic E-state index is 0.0200. The van der Waals surface area contributed by atoms with Crippen LogP contribution in [-0.4, -0.2) is 44.2 Å². The number of aromatic nitrogens is 1. The van der Waals surface area contributed by atoms with Crippen molar-refractivity contribution >= 4 is 15.9 Å². The molecule has 1 aliphatic carbocycles. The molecule has 0 aliphatic heterocycles. The molecule has 1 heterocycles. The van der Waals surface area contributed by atoms with E-state index < -0.39 is 10.0 Å². The largest absolute Gasteiger partial charge is 0.396 e. The van der Waals surface area contributed by atoms with Crippen LogP contribution < -0.4 is 10.0 Å². The van der Waals surface area contributed by atoms with E-state index >= 15 is 0 Å². The summed E-state index contributed by atoms with van der Waals surface area (Å²) in [4.78, 5) is 11.6. The maximum Gasteiger partial charge on any atom is 0.267 e. The maximum absolute atomic E-state index is 12.2. The van der Waals surface area contributed by atoms with Gasteiger partial charge in [-0.15, -0.1) is 0 Å². The fraction of sp³-hybridized carbons (Fsp3) is 0.583. The molecule has 8 heteroatoms. The summed E-state index contributed by atoms with van der Waals surface area (Å²) in [6.07, 6.45) is 3.04. The van der Waals surface area contributed by atoms with Gasteiger partial charge in [0.05, 0.1) is 0 Å². The first kappa shape index (κ1) is 15.0. The van der Waals surface area contributed by atoms with Crippen LogP contribution in [0.1, 0.15) is 23.3 Å². The molecule has 0 unspecified atom stereocenters. The fourth-order valence-electron chi connectivity index (χ4n) is 1.93. The molecule has 20 heavy (non-hydrogen) atoms. The quantitative estimate of drug-likeness (QED) is 0.655. The predicted octanol–water partition coefficient (Wildman–Crippen LogP) is -0.564. The van der Waals surface area contributed by atoms with Crippen LogP contribution in [0.5, 0.6) is 0 Å². The number of amides is 1. The third-order valence-corrected chi connectivity index (χ3v) is 5.05. The zero-order chi connectivity index (χ0) is 15.0. The number of hydrogen-bond acceptors (Lipinski definition) is 4. The van der Waals surface area contributed by atoms with E-state index in [-0.39, 0.29) is 35.1 Å². The summed E-state index contributed by atoms with van der Waals surface area (Å²) in [5.74, 6) is -0.344. The highest BCUT2D eigenvalue weighted by molar-refractivity contribution is 7.89. The molecule has 1 saturated carbocycles. The second-order valence-electron chi connectivity index (χ2n) is 5.23. The van der Waals surface area contributed by atoms with Crippen molar-refractivity contribution in [1.29, 1.82) is 0 Å². The Labute approximate surface area is 118 Å². The molecule has 1 fully saturated rings. The molecule has 1 amide bonds. The zero-order valence-electron chi connectivity index (χ0n) is 11.5. The average Bonchev–Trinajstić information content (AvgIpc) is 3.11. The van der Waals surface area contributed by atoms with E-state index in [2.05, 4.69) is 10.0 Å². The zero-order valence-corrected chi connectivity index (χ0v) is 12.3. The Morgan fingerprint density at radius 1 is 1.50 bits per heavy atom. The average molecular weight is 301 g/mol. The molecule has 0 atom stereocenters. The summed E-state index contributed by atoms with van der Waals surface area (Å²) in [5, 5.41) is 11.6. The number of hydrogen-bond donors (Lipinski definition) is 3. The van der Waals surface area contributed by atoms with Crippen molar-refractivity contribution in [3.63, 3.8) is 0 Å². The van der Waals surface area contributed by atoms with Crippen molar-refractivity contribution in [2.75, 3.05) is 20.2 Å². The summed E-state index contributed by atoms with van der Waals surface area (Å²) >= 11 is 0. The van der Waals surface area contributed by atoms with Crippen LogP contribution in [-0.2, 0) is 17.1 Å². The highest BCUT2D eigenvalue weighted by Gasteiger charge is 2.42. The van der Waals surface area contributed by atoms with E-state index in [1.165, 1.54) is 23.9 Å². The molecule has 0 saturated heterocycles. The van der Waals surface area contributed by atoms with Crippen molar-refractivity contribution < 1.29 is 18.3 Å². The van der Waals surface area contributed by atoms with Crippen molar-refractivity contribution in [1.82, 2.24) is 14.6 Å². The number of aryl methyl sites for hydroxylation is 1. The van der Waals surface area contributed by atoms with Crippen LogP contribution in [0.4, 0.5) is 0 Å². The van der Waals surface area contributed by atoms with Gasteiger partial charge < -0.3 is 15.0 Å². The molecule has 0 spiro atoms. The van der Waals surface area contributed by atoms with Crippen molar-refractivity contribution in [2.45, 2.75) is 17.7 Å². The minimum Gasteiger partial charge on any atom is -0.396 e. The van der Waals surface area contributed by atoms with E-state index in [4.69, 9.17) is 0 Å². The molecule has 112 valence electrons. The Morgan fingerprint density at radius 3 is 2.65 bits per heavy atom.